The zero-order chi connectivity index (χ0) is 89.9. The molecule has 29 nitrogen and oxygen atoms in total. The minimum atomic E-state index is -0.401. The molecular formula is C101H105N21O8. The van der Waals surface area contributed by atoms with Crippen molar-refractivity contribution in [3.05, 3.63) is 301 Å². The first-order chi connectivity index (χ1) is 63.6. The molecule has 0 radical (unpaired) electrons. The van der Waals surface area contributed by atoms with Crippen LogP contribution in [0, 0.1) is 22.7 Å². The molecule has 8 aromatic heterocycles. The summed E-state index contributed by atoms with van der Waals surface area (Å²) in [7, 11) is 0. The highest BCUT2D eigenvalue weighted by Gasteiger charge is 2.22. The topological polar surface area (TPSA) is 390 Å². The van der Waals surface area contributed by atoms with Crippen LogP contribution in [-0.2, 0) is 0 Å². The fourth-order valence-corrected chi connectivity index (χ4v) is 16.6. The molecule has 13 aromatic rings. The maximum atomic E-state index is 12.9. The number of carbonyl (C=O) groups is 4. The number of H-pyrrole nitrogens is 5. The normalized spacial score (nSPS) is 14.3. The van der Waals surface area contributed by atoms with Crippen molar-refractivity contribution in [1.82, 2.24) is 44.8 Å². The Kier molecular flexibility index (Phi) is 30.3. The lowest BCUT2D eigenvalue weighted by molar-refractivity contribution is 0.101. The molecule has 130 heavy (non-hydrogen) atoms. The number of nitrogens with one attached hydrogen (secondary N) is 11. The number of likely N-dealkylation sites (tertiary alicyclic amines) is 1. The van der Waals surface area contributed by atoms with Crippen molar-refractivity contribution < 1.29 is 19.2 Å². The van der Waals surface area contributed by atoms with Gasteiger partial charge in [-0.15, -0.1) is 0 Å². The molecule has 13 heterocycles. The summed E-state index contributed by atoms with van der Waals surface area (Å²) in [6, 6.07) is 61.7. The van der Waals surface area contributed by atoms with Crippen LogP contribution >= 0.6 is 0 Å². The third kappa shape index (κ3) is 23.8. The molecule has 18 rings (SSSR count). The van der Waals surface area contributed by atoms with Crippen LogP contribution in [0.1, 0.15) is 143 Å². The van der Waals surface area contributed by atoms with Gasteiger partial charge in [-0.25, -0.2) is 9.97 Å². The van der Waals surface area contributed by atoms with Crippen LogP contribution in [0.5, 0.6) is 0 Å². The van der Waals surface area contributed by atoms with Gasteiger partial charge in [0, 0.05) is 199 Å². The Bertz CT molecular complexity index is 6420. The number of hydrogen-bond donors (Lipinski definition) is 11. The summed E-state index contributed by atoms with van der Waals surface area (Å²) in [6.45, 7) is 13.0. The van der Waals surface area contributed by atoms with Gasteiger partial charge in [-0.3, -0.25) is 43.3 Å². The number of pyridine rings is 7. The molecule has 0 unspecified atom stereocenters. The Labute approximate surface area is 752 Å². The number of fused-ring (bicyclic) bond motifs is 1. The summed E-state index contributed by atoms with van der Waals surface area (Å²) in [5.41, 5.74) is 13.1. The van der Waals surface area contributed by atoms with Gasteiger partial charge in [0.05, 0.1) is 29.4 Å². The second-order valence-corrected chi connectivity index (χ2v) is 32.7. The fourth-order valence-electron chi connectivity index (χ4n) is 16.6. The Morgan fingerprint density at radius 1 is 0.362 bits per heavy atom. The number of nitrogens with zero attached hydrogens (tertiary/aromatic N) is 10. The quantitative estimate of drug-likeness (QED) is 0.0265. The first-order valence-electron chi connectivity index (χ1n) is 44.6. The van der Waals surface area contributed by atoms with Crippen molar-refractivity contribution in [2.45, 2.75) is 96.3 Å². The number of carbonyl (C=O) groups excluding carboxylic acids is 4. The summed E-state index contributed by atoms with van der Waals surface area (Å²) in [5, 5.41) is 36.2. The fraction of sp³-hybridized carbons (Fsp3) is 0.277. The number of aromatic amines is 5. The van der Waals surface area contributed by atoms with E-state index in [9.17, 15) is 38.4 Å². The van der Waals surface area contributed by atoms with Gasteiger partial charge in [-0.05, 0) is 272 Å². The van der Waals surface area contributed by atoms with E-state index in [1.807, 2.05) is 146 Å². The second-order valence-electron chi connectivity index (χ2n) is 32.7. The minimum Gasteiger partial charge on any atom is -0.372 e. The van der Waals surface area contributed by atoms with E-state index in [4.69, 9.17) is 15.5 Å². The number of anilines is 10. The maximum absolute atomic E-state index is 12.9. The van der Waals surface area contributed by atoms with Gasteiger partial charge in [-0.2, -0.15) is 10.5 Å². The lowest BCUT2D eigenvalue weighted by Gasteiger charge is -2.28. The number of amides is 4. The Balaban J connectivity index is 0.000000133. The Morgan fingerprint density at radius 2 is 0.723 bits per heavy atom. The van der Waals surface area contributed by atoms with Crippen LogP contribution in [0.4, 0.5) is 57.1 Å². The number of piperidine rings is 4. The second kappa shape index (κ2) is 44.1. The molecule has 5 aliphatic heterocycles. The molecule has 0 aliphatic carbocycles. The molecule has 5 fully saturated rings. The zero-order valence-electron chi connectivity index (χ0n) is 72.5. The first kappa shape index (κ1) is 89.3. The van der Waals surface area contributed by atoms with Crippen LogP contribution in [-0.4, -0.2) is 153 Å². The third-order valence-corrected chi connectivity index (χ3v) is 23.7. The van der Waals surface area contributed by atoms with Crippen molar-refractivity contribution in [2.24, 2.45) is 0 Å². The largest absolute Gasteiger partial charge is 0.372 e. The molecule has 5 aliphatic rings. The Morgan fingerprint density at radius 3 is 1.12 bits per heavy atom. The monoisotopic (exact) mass is 1740 g/mol. The molecule has 0 spiro atoms. The van der Waals surface area contributed by atoms with Crippen LogP contribution in [0.25, 0.3) is 55.7 Å². The van der Waals surface area contributed by atoms with Gasteiger partial charge in [-0.1, -0.05) is 24.3 Å². The summed E-state index contributed by atoms with van der Waals surface area (Å²) < 4.78 is 0. The van der Waals surface area contributed by atoms with Gasteiger partial charge >= 0.3 is 0 Å². The van der Waals surface area contributed by atoms with E-state index in [0.29, 0.717) is 69.0 Å². The van der Waals surface area contributed by atoms with E-state index in [-0.39, 0.29) is 63.1 Å². The zero-order valence-corrected chi connectivity index (χ0v) is 72.5. The van der Waals surface area contributed by atoms with Crippen LogP contribution < -0.4 is 73.7 Å². The summed E-state index contributed by atoms with van der Waals surface area (Å²) in [6.07, 6.45) is 28.9. The number of hydrogen-bond acceptors (Lipinski definition) is 20. The summed E-state index contributed by atoms with van der Waals surface area (Å²) >= 11 is 0. The molecular weight excluding hydrogens is 1640 g/mol. The smallest absolute Gasteiger partial charge is 0.271 e. The highest BCUT2D eigenvalue weighted by molar-refractivity contribution is 6.07. The number of aromatic nitrogens is 8. The Hall–Kier alpha value is -15.5. The average molecular weight is 1740 g/mol. The van der Waals surface area contributed by atoms with Crippen molar-refractivity contribution in [3.8, 4) is 56.9 Å². The molecule has 4 amide bonds. The van der Waals surface area contributed by atoms with Gasteiger partial charge in [0.1, 0.15) is 40.5 Å². The summed E-state index contributed by atoms with van der Waals surface area (Å²) in [4.78, 5) is 139. The van der Waals surface area contributed by atoms with E-state index in [1.165, 1.54) is 115 Å². The molecule has 0 atom stereocenters. The van der Waals surface area contributed by atoms with Gasteiger partial charge < -0.3 is 81.3 Å². The standard InChI is InChI=1S/C28H34N6O2.C25H26N6O2.C25H24N4O2.C23H21N5O2/c35-27(21-9-11-23(12-10-21)34-16-2-1-3-17-34)32-25-19-22(20-30-28(25)36)24-7-6-8-26(31-24)29-13-18-33-14-4-5-15-33;26-12-5-13-27-23-7-4-6-21(29-23)19-16-22(25(33)28-17-19)30-24(32)18-8-10-20(11-9-18)31-14-2-1-3-15-31;30-24(17-7-9-19(10-8-17)29-13-2-1-3-14-29)28-23-15-18(16-27-25(23)31)20-5-4-6-22-21(20)11-12-26-22;24-12-16-10-18(14-25-13-16)19-11-21(23(30)26-15-19)27-22(29)17-4-6-20(7-5-17)28-8-2-1-3-9-28/h6-12,19-20H,1-5,13-18H2,(H,29,31)(H,30,36)(H,32,35);4,6-11,16-17H,1-3,5,13-15H2,(H,27,29)(H,28,33)(H,30,32);4-12,15-16,26H,1-3,13-14H2,(H,27,31)(H,28,30);4-7,10-11,13-15H,1-3,8-9H2,(H,26,30)(H,27,29). The third-order valence-electron chi connectivity index (χ3n) is 23.7. The van der Waals surface area contributed by atoms with Crippen LogP contribution in [0.15, 0.2) is 251 Å². The maximum Gasteiger partial charge on any atom is 0.271 e. The van der Waals surface area contributed by atoms with Crippen molar-refractivity contribution in [2.75, 3.05) is 137 Å². The lowest BCUT2D eigenvalue weighted by Crippen LogP contribution is -2.29. The molecule has 662 valence electrons. The highest BCUT2D eigenvalue weighted by atomic mass is 16.2. The summed E-state index contributed by atoms with van der Waals surface area (Å²) in [5.74, 6) is 0.112. The number of rotatable bonds is 23. The lowest BCUT2D eigenvalue weighted by atomic mass is 10.0. The predicted molar refractivity (Wildman–Crippen MR) is 515 cm³/mol. The van der Waals surface area contributed by atoms with Crippen LogP contribution in [0.2, 0.25) is 0 Å². The SMILES string of the molecule is N#CCCNc1cccc(-c2c[nH]c(=O)c(NC(=O)c3ccc(N4CCCCC4)cc3)c2)n1.N#Cc1cncc(-c2c[nH]c(=O)c(NC(=O)c3ccc(N4CCCCC4)cc3)c2)c1.O=C(Nc1cc(-c2cccc(NCCN3CCCC3)n2)c[nH]c1=O)c1ccc(N2CCCCC2)cc1.O=C(Nc1cc(-c2cccc3[nH]ccc23)c[nH]c1=O)c1ccc(N2CCCCC2)cc1. The van der Waals surface area contributed by atoms with Gasteiger partial charge in [0.2, 0.25) is 0 Å². The molecule has 0 saturated carbocycles. The predicted octanol–water partition coefficient (Wildman–Crippen LogP) is 16.5. The highest BCUT2D eigenvalue weighted by Crippen LogP contribution is 2.32. The molecule has 29 heteroatoms. The van der Waals surface area contributed by atoms with E-state index < -0.39 is 5.56 Å². The minimum absolute atomic E-state index is 0.139. The molecule has 0 bridgehead atoms. The van der Waals surface area contributed by atoms with Crippen molar-refractivity contribution in [1.29, 1.82) is 10.5 Å². The molecule has 5 aromatic carbocycles. The molecule has 11 N–H and O–H groups in total. The average Bonchev–Trinajstić information content (AvgIpc) is 1.59. The number of benzene rings is 5. The van der Waals surface area contributed by atoms with Crippen molar-refractivity contribution >= 4 is 91.7 Å². The number of nitriles is 2. The van der Waals surface area contributed by atoms with E-state index >= 15 is 0 Å². The van der Waals surface area contributed by atoms with Crippen molar-refractivity contribution in [3.63, 3.8) is 0 Å². The first-order valence-corrected chi connectivity index (χ1v) is 44.6. The molecule has 5 saturated heterocycles. The van der Waals surface area contributed by atoms with E-state index in [1.54, 1.807) is 79.4 Å². The van der Waals surface area contributed by atoms with Gasteiger partial charge in [0.25, 0.3) is 45.9 Å². The van der Waals surface area contributed by atoms with E-state index in [2.05, 4.69) is 97.4 Å². The van der Waals surface area contributed by atoms with Gasteiger partial charge in [0.15, 0.2) is 0 Å². The van der Waals surface area contributed by atoms with E-state index in [0.717, 1.165) is 127 Å². The van der Waals surface area contributed by atoms with Crippen LogP contribution in [0.3, 0.4) is 0 Å².